The average molecular weight is 404 g/mol. The van der Waals surface area contributed by atoms with E-state index in [-0.39, 0.29) is 11.8 Å². The minimum absolute atomic E-state index is 0.0604. The number of likely N-dealkylation sites (tertiary alicyclic amines) is 1. The molecule has 0 unspecified atom stereocenters. The van der Waals surface area contributed by atoms with Crippen molar-refractivity contribution in [2.45, 2.75) is 18.8 Å². The maximum atomic E-state index is 12.9. The molecule has 0 radical (unpaired) electrons. The Labute approximate surface area is 172 Å². The first-order chi connectivity index (χ1) is 14.2. The Bertz CT molecular complexity index is 1180. The van der Waals surface area contributed by atoms with Crippen LogP contribution in [-0.2, 0) is 0 Å². The van der Waals surface area contributed by atoms with Crippen molar-refractivity contribution in [2.75, 3.05) is 13.1 Å². The van der Waals surface area contributed by atoms with Crippen molar-refractivity contribution < 1.29 is 9.21 Å². The monoisotopic (exact) mass is 404 g/mol. The van der Waals surface area contributed by atoms with Crippen LogP contribution in [0, 0.1) is 4.77 Å². The van der Waals surface area contributed by atoms with E-state index in [0.29, 0.717) is 23.4 Å². The van der Waals surface area contributed by atoms with Crippen LogP contribution in [0.4, 0.5) is 0 Å². The predicted octanol–water partition coefficient (Wildman–Crippen LogP) is 4.70. The highest BCUT2D eigenvalue weighted by Crippen LogP contribution is 2.30. The van der Waals surface area contributed by atoms with Crippen LogP contribution in [0.15, 0.2) is 65.3 Å². The number of hydrogen-bond donors (Lipinski definition) is 1. The number of nitrogens with zero attached hydrogens (tertiary/aromatic N) is 3. The van der Waals surface area contributed by atoms with Gasteiger partial charge >= 0.3 is 0 Å². The topological polar surface area (TPSA) is 67.1 Å². The molecule has 0 saturated carbocycles. The lowest BCUT2D eigenvalue weighted by molar-refractivity contribution is 0.0706. The van der Waals surface area contributed by atoms with E-state index in [1.165, 1.54) is 0 Å². The Balaban J connectivity index is 1.26. The van der Waals surface area contributed by atoms with Crippen molar-refractivity contribution >= 4 is 29.2 Å². The van der Waals surface area contributed by atoms with Crippen molar-refractivity contribution in [3.05, 3.63) is 77.1 Å². The highest BCUT2D eigenvalue weighted by Gasteiger charge is 2.27. The zero-order valence-electron chi connectivity index (χ0n) is 15.7. The van der Waals surface area contributed by atoms with Crippen LogP contribution in [0.5, 0.6) is 0 Å². The van der Waals surface area contributed by atoms with Crippen molar-refractivity contribution in [3.8, 4) is 5.69 Å². The van der Waals surface area contributed by atoms with Crippen LogP contribution in [-0.4, -0.2) is 38.4 Å². The van der Waals surface area contributed by atoms with E-state index in [4.69, 9.17) is 16.6 Å². The molecule has 146 valence electrons. The number of aromatic nitrogens is 3. The van der Waals surface area contributed by atoms with Gasteiger partial charge in [-0.15, -0.1) is 0 Å². The van der Waals surface area contributed by atoms with Gasteiger partial charge in [0.05, 0.1) is 0 Å². The lowest BCUT2D eigenvalue weighted by Crippen LogP contribution is -2.38. The number of imidazole rings is 1. The van der Waals surface area contributed by atoms with Crippen molar-refractivity contribution in [1.82, 2.24) is 19.4 Å². The zero-order chi connectivity index (χ0) is 19.8. The number of rotatable bonds is 3. The van der Waals surface area contributed by atoms with Gasteiger partial charge in [-0.3, -0.25) is 9.36 Å². The minimum Gasteiger partial charge on any atom is -0.440 e. The lowest BCUT2D eigenvalue weighted by atomic mass is 9.96. The summed E-state index contributed by atoms with van der Waals surface area (Å²) in [7, 11) is 0. The third-order valence-corrected chi connectivity index (χ3v) is 5.80. The van der Waals surface area contributed by atoms with Gasteiger partial charge in [0.1, 0.15) is 5.52 Å². The van der Waals surface area contributed by atoms with Gasteiger partial charge in [-0.05, 0) is 61.5 Å². The van der Waals surface area contributed by atoms with Crippen LogP contribution < -0.4 is 0 Å². The summed E-state index contributed by atoms with van der Waals surface area (Å²) in [5, 5.41) is 0. The molecule has 0 atom stereocenters. The molecule has 1 aliphatic rings. The summed E-state index contributed by atoms with van der Waals surface area (Å²) < 4.78 is 8.42. The standard InChI is InChI=1S/C22H20N4O2S/c27-21(16-5-7-17(8-6-16)26-14-11-23-22(26)29)25-12-9-15(10-13-25)20-24-18-3-1-2-4-19(18)28-20/h1-8,11,14-15H,9-10,12-13H2,(H,23,29). The van der Waals surface area contributed by atoms with Gasteiger partial charge in [0.15, 0.2) is 16.2 Å². The molecule has 6 nitrogen and oxygen atoms in total. The quantitative estimate of drug-likeness (QED) is 0.503. The van der Waals surface area contributed by atoms with Crippen LogP contribution in [0.2, 0.25) is 0 Å². The predicted molar refractivity (Wildman–Crippen MR) is 113 cm³/mol. The van der Waals surface area contributed by atoms with Gasteiger partial charge in [0.2, 0.25) is 0 Å². The number of carbonyl (C=O) groups excluding carboxylic acids is 1. The molecule has 1 fully saturated rings. The van der Waals surface area contributed by atoms with Gasteiger partial charge in [-0.2, -0.15) is 0 Å². The van der Waals surface area contributed by atoms with Gasteiger partial charge in [-0.1, -0.05) is 12.1 Å². The van der Waals surface area contributed by atoms with E-state index in [0.717, 1.165) is 35.5 Å². The number of piperidine rings is 1. The fourth-order valence-electron chi connectivity index (χ4n) is 3.87. The summed E-state index contributed by atoms with van der Waals surface area (Å²) in [6, 6.07) is 15.4. The van der Waals surface area contributed by atoms with E-state index in [2.05, 4.69) is 9.97 Å². The second-order valence-corrected chi connectivity index (χ2v) is 7.66. The Morgan fingerprint density at radius 1 is 1.10 bits per heavy atom. The molecular weight excluding hydrogens is 384 g/mol. The van der Waals surface area contributed by atoms with Crippen LogP contribution >= 0.6 is 12.2 Å². The first kappa shape index (κ1) is 17.9. The summed E-state index contributed by atoms with van der Waals surface area (Å²) in [4.78, 5) is 22.4. The summed E-state index contributed by atoms with van der Waals surface area (Å²) >= 11 is 5.25. The van der Waals surface area contributed by atoms with E-state index >= 15 is 0 Å². The molecule has 1 amide bonds. The smallest absolute Gasteiger partial charge is 0.253 e. The number of hydrogen-bond acceptors (Lipinski definition) is 4. The van der Waals surface area contributed by atoms with Gasteiger partial charge < -0.3 is 14.3 Å². The molecule has 1 aliphatic heterocycles. The van der Waals surface area contributed by atoms with Crippen LogP contribution in [0.25, 0.3) is 16.8 Å². The largest absolute Gasteiger partial charge is 0.440 e. The number of para-hydroxylation sites is 2. The Kier molecular flexibility index (Phi) is 4.52. The molecule has 3 heterocycles. The summed E-state index contributed by atoms with van der Waals surface area (Å²) in [6.07, 6.45) is 5.38. The number of aromatic amines is 1. The first-order valence-electron chi connectivity index (χ1n) is 9.70. The zero-order valence-corrected chi connectivity index (χ0v) is 16.6. The third-order valence-electron chi connectivity index (χ3n) is 5.48. The number of nitrogens with one attached hydrogen (secondary N) is 1. The molecule has 2 aromatic heterocycles. The normalized spacial score (nSPS) is 15.1. The summed E-state index contributed by atoms with van der Waals surface area (Å²) in [6.45, 7) is 1.40. The van der Waals surface area contributed by atoms with Crippen LogP contribution in [0.1, 0.15) is 35.0 Å². The van der Waals surface area contributed by atoms with Gasteiger partial charge in [-0.25, -0.2) is 4.98 Å². The maximum Gasteiger partial charge on any atom is 0.253 e. The fourth-order valence-corrected chi connectivity index (χ4v) is 4.10. The highest BCUT2D eigenvalue weighted by molar-refractivity contribution is 7.71. The molecule has 2 aromatic carbocycles. The van der Waals surface area contributed by atoms with E-state index in [1.54, 1.807) is 6.20 Å². The minimum atomic E-state index is 0.0604. The maximum absolute atomic E-state index is 12.9. The number of oxazole rings is 1. The van der Waals surface area contributed by atoms with E-state index in [9.17, 15) is 4.79 Å². The molecule has 7 heteroatoms. The highest BCUT2D eigenvalue weighted by atomic mass is 32.1. The molecule has 0 spiro atoms. The summed E-state index contributed by atoms with van der Waals surface area (Å²) in [5.74, 6) is 1.10. The van der Waals surface area contributed by atoms with Crippen molar-refractivity contribution in [1.29, 1.82) is 0 Å². The Morgan fingerprint density at radius 2 is 1.86 bits per heavy atom. The van der Waals surface area contributed by atoms with Crippen molar-refractivity contribution in [3.63, 3.8) is 0 Å². The number of carbonyl (C=O) groups is 1. The Morgan fingerprint density at radius 3 is 2.55 bits per heavy atom. The number of fused-ring (bicyclic) bond motifs is 1. The second kappa shape index (κ2) is 7.33. The Hall–Kier alpha value is -3.19. The van der Waals surface area contributed by atoms with Crippen molar-refractivity contribution in [2.24, 2.45) is 0 Å². The second-order valence-electron chi connectivity index (χ2n) is 7.27. The molecule has 5 rings (SSSR count). The van der Waals surface area contributed by atoms with E-state index in [1.807, 2.05) is 64.2 Å². The molecule has 29 heavy (non-hydrogen) atoms. The number of H-pyrrole nitrogens is 1. The number of amides is 1. The van der Waals surface area contributed by atoms with Gasteiger partial charge in [0.25, 0.3) is 5.91 Å². The summed E-state index contributed by atoms with van der Waals surface area (Å²) in [5.41, 5.74) is 3.34. The van der Waals surface area contributed by atoms with Crippen LogP contribution in [0.3, 0.4) is 0 Å². The molecule has 0 aliphatic carbocycles. The average Bonchev–Trinajstić information content (AvgIpc) is 3.39. The molecular formula is C22H20N4O2S. The lowest BCUT2D eigenvalue weighted by Gasteiger charge is -2.30. The first-order valence-corrected chi connectivity index (χ1v) is 10.1. The van der Waals surface area contributed by atoms with E-state index < -0.39 is 0 Å². The molecule has 4 aromatic rings. The number of benzene rings is 2. The molecule has 1 N–H and O–H groups in total. The molecule has 0 bridgehead atoms. The molecule has 1 saturated heterocycles. The van der Waals surface area contributed by atoms with Gasteiger partial charge in [0, 0.05) is 42.7 Å². The third kappa shape index (κ3) is 3.38. The SMILES string of the molecule is O=C(c1ccc(-n2cc[nH]c2=S)cc1)N1CCC(c2nc3ccccc3o2)CC1. The fraction of sp³-hybridized carbons (Fsp3) is 0.227.